The maximum absolute atomic E-state index is 13.7. The van der Waals surface area contributed by atoms with E-state index in [4.69, 9.17) is 9.47 Å². The summed E-state index contributed by atoms with van der Waals surface area (Å²) in [6.07, 6.45) is -3.00. The maximum Gasteiger partial charge on any atom is 0.422 e. The molecule has 2 aromatic carbocycles. The Bertz CT molecular complexity index is 1350. The van der Waals surface area contributed by atoms with E-state index >= 15 is 0 Å². The lowest BCUT2D eigenvalue weighted by molar-refractivity contribution is -0.154. The SMILES string of the molecule is CN(C)CC(C)(C)CN1CCCCOc2ccc(cc2)CNc2nc(nc(OCC(F)(F)F)n2)Nc2ccc(cc2)C1=O. The van der Waals surface area contributed by atoms with Crippen LogP contribution in [0.2, 0.25) is 0 Å². The van der Waals surface area contributed by atoms with Crippen molar-refractivity contribution >= 4 is 23.5 Å². The molecular formula is C30H38F3N7O3. The first kappa shape index (κ1) is 31.8. The number of halogens is 3. The van der Waals surface area contributed by atoms with E-state index in [0.29, 0.717) is 43.2 Å². The van der Waals surface area contributed by atoms with E-state index in [-0.39, 0.29) is 23.2 Å². The Hall–Kier alpha value is -4.13. The molecule has 0 saturated heterocycles. The van der Waals surface area contributed by atoms with Gasteiger partial charge in [0.2, 0.25) is 11.9 Å². The number of aromatic nitrogens is 3. The number of nitrogens with one attached hydrogen (secondary N) is 2. The van der Waals surface area contributed by atoms with Gasteiger partial charge in [0.05, 0.1) is 6.61 Å². The molecule has 1 amide bonds. The lowest BCUT2D eigenvalue weighted by Gasteiger charge is -2.35. The Balaban J connectivity index is 1.62. The molecule has 232 valence electrons. The van der Waals surface area contributed by atoms with E-state index in [0.717, 1.165) is 24.9 Å². The summed E-state index contributed by atoms with van der Waals surface area (Å²) in [5, 5.41) is 5.98. The highest BCUT2D eigenvalue weighted by atomic mass is 19.4. The number of alkyl halides is 3. The first-order valence-electron chi connectivity index (χ1n) is 14.1. The highest BCUT2D eigenvalue weighted by Gasteiger charge is 2.29. The van der Waals surface area contributed by atoms with Crippen LogP contribution in [0.25, 0.3) is 0 Å². The second-order valence-corrected chi connectivity index (χ2v) is 11.6. The number of hydrogen-bond donors (Lipinski definition) is 2. The molecule has 43 heavy (non-hydrogen) atoms. The Kier molecular flexibility index (Phi) is 10.3. The third-order valence-corrected chi connectivity index (χ3v) is 6.48. The molecule has 3 aromatic rings. The summed E-state index contributed by atoms with van der Waals surface area (Å²) >= 11 is 0. The molecule has 5 heterocycles. The highest BCUT2D eigenvalue weighted by Crippen LogP contribution is 2.23. The van der Waals surface area contributed by atoms with Crippen LogP contribution in [-0.2, 0) is 6.54 Å². The number of carbonyl (C=O) groups is 1. The van der Waals surface area contributed by atoms with Crippen LogP contribution in [0.3, 0.4) is 0 Å². The molecule has 6 bridgehead atoms. The average Bonchev–Trinajstić information content (AvgIpc) is 2.93. The molecule has 2 N–H and O–H groups in total. The van der Waals surface area contributed by atoms with Crippen LogP contribution in [0.4, 0.5) is 30.8 Å². The van der Waals surface area contributed by atoms with Crippen LogP contribution in [0.15, 0.2) is 48.5 Å². The van der Waals surface area contributed by atoms with Crippen molar-refractivity contribution in [1.82, 2.24) is 24.8 Å². The van der Waals surface area contributed by atoms with E-state index in [9.17, 15) is 18.0 Å². The van der Waals surface area contributed by atoms with Crippen molar-refractivity contribution < 1.29 is 27.4 Å². The monoisotopic (exact) mass is 601 g/mol. The lowest BCUT2D eigenvalue weighted by Crippen LogP contribution is -2.43. The minimum atomic E-state index is -4.56. The Labute approximate surface area is 249 Å². The number of hydrogen-bond acceptors (Lipinski definition) is 9. The van der Waals surface area contributed by atoms with Crippen LogP contribution >= 0.6 is 0 Å². The van der Waals surface area contributed by atoms with Crippen molar-refractivity contribution in [2.24, 2.45) is 5.41 Å². The number of nitrogens with zero attached hydrogens (tertiary/aromatic N) is 5. The predicted octanol–water partition coefficient (Wildman–Crippen LogP) is 5.37. The van der Waals surface area contributed by atoms with E-state index in [2.05, 4.69) is 44.3 Å². The van der Waals surface area contributed by atoms with Gasteiger partial charge in [0.25, 0.3) is 5.91 Å². The smallest absolute Gasteiger partial charge is 0.422 e. The van der Waals surface area contributed by atoms with Crippen molar-refractivity contribution in [2.45, 2.75) is 39.4 Å². The Morgan fingerprint density at radius 2 is 1.67 bits per heavy atom. The van der Waals surface area contributed by atoms with Crippen LogP contribution < -0.4 is 20.1 Å². The normalized spacial score (nSPS) is 15.0. The molecule has 0 radical (unpaired) electrons. The quantitative estimate of drug-likeness (QED) is 0.386. The van der Waals surface area contributed by atoms with Gasteiger partial charge in [0.15, 0.2) is 6.61 Å². The molecule has 0 unspecified atom stereocenters. The van der Waals surface area contributed by atoms with Crippen LogP contribution in [0.1, 0.15) is 42.6 Å². The maximum atomic E-state index is 13.7. The number of rotatable bonds is 6. The van der Waals surface area contributed by atoms with Gasteiger partial charge in [0, 0.05) is 37.4 Å². The number of ether oxygens (including phenoxy) is 2. The van der Waals surface area contributed by atoms with E-state index < -0.39 is 18.8 Å². The van der Waals surface area contributed by atoms with Crippen LogP contribution in [-0.4, -0.2) is 83.8 Å². The van der Waals surface area contributed by atoms with Gasteiger partial charge < -0.3 is 29.9 Å². The summed E-state index contributed by atoms with van der Waals surface area (Å²) in [7, 11) is 4.03. The minimum absolute atomic E-state index is 0.0181. The van der Waals surface area contributed by atoms with Gasteiger partial charge in [-0.2, -0.15) is 28.1 Å². The van der Waals surface area contributed by atoms with Crippen LogP contribution in [0.5, 0.6) is 11.8 Å². The zero-order chi connectivity index (χ0) is 31.0. The fourth-order valence-electron chi connectivity index (χ4n) is 4.86. The first-order valence-corrected chi connectivity index (χ1v) is 14.1. The van der Waals surface area contributed by atoms with Gasteiger partial charge in [-0.3, -0.25) is 4.79 Å². The fourth-order valence-corrected chi connectivity index (χ4v) is 4.86. The van der Waals surface area contributed by atoms with Gasteiger partial charge in [-0.15, -0.1) is 0 Å². The second kappa shape index (κ2) is 13.9. The fraction of sp³-hybridized carbons (Fsp3) is 0.467. The number of anilines is 3. The largest absolute Gasteiger partial charge is 0.494 e. The zero-order valence-electron chi connectivity index (χ0n) is 24.9. The molecule has 4 aliphatic heterocycles. The predicted molar refractivity (Wildman–Crippen MR) is 158 cm³/mol. The van der Waals surface area contributed by atoms with E-state index in [1.165, 1.54) is 0 Å². The third-order valence-electron chi connectivity index (χ3n) is 6.48. The number of carbonyl (C=O) groups excluding carboxylic acids is 1. The Morgan fingerprint density at radius 3 is 2.35 bits per heavy atom. The van der Waals surface area contributed by atoms with Crippen LogP contribution in [0, 0.1) is 5.41 Å². The van der Waals surface area contributed by atoms with Crippen molar-refractivity contribution in [3.05, 3.63) is 59.7 Å². The summed E-state index contributed by atoms with van der Waals surface area (Å²) in [5.74, 6) is 0.637. The molecule has 0 spiro atoms. The summed E-state index contributed by atoms with van der Waals surface area (Å²) in [5.41, 5.74) is 1.80. The second-order valence-electron chi connectivity index (χ2n) is 11.6. The number of benzene rings is 2. The molecule has 4 aliphatic rings. The zero-order valence-corrected chi connectivity index (χ0v) is 24.9. The van der Waals surface area contributed by atoms with Gasteiger partial charge in [-0.05, 0) is 74.3 Å². The van der Waals surface area contributed by atoms with Gasteiger partial charge >= 0.3 is 12.2 Å². The van der Waals surface area contributed by atoms with Gasteiger partial charge in [-0.25, -0.2) is 0 Å². The van der Waals surface area contributed by atoms with Crippen molar-refractivity contribution in [1.29, 1.82) is 0 Å². The van der Waals surface area contributed by atoms with Gasteiger partial charge in [0.1, 0.15) is 5.75 Å². The van der Waals surface area contributed by atoms with E-state index in [1.54, 1.807) is 24.3 Å². The average molecular weight is 602 g/mol. The van der Waals surface area contributed by atoms with Crippen molar-refractivity contribution in [3.63, 3.8) is 0 Å². The molecule has 13 heteroatoms. The summed E-state index contributed by atoms with van der Waals surface area (Å²) in [6.45, 7) is 5.53. The van der Waals surface area contributed by atoms with Crippen molar-refractivity contribution in [3.8, 4) is 11.8 Å². The molecule has 10 nitrogen and oxygen atoms in total. The van der Waals surface area contributed by atoms with Gasteiger partial charge in [-0.1, -0.05) is 26.0 Å². The molecule has 1 aromatic heterocycles. The summed E-state index contributed by atoms with van der Waals surface area (Å²) < 4.78 is 49.2. The topological polar surface area (TPSA) is 105 Å². The minimum Gasteiger partial charge on any atom is -0.494 e. The Morgan fingerprint density at radius 1 is 0.977 bits per heavy atom. The molecule has 0 atom stereocenters. The van der Waals surface area contributed by atoms with E-state index in [1.807, 2.05) is 43.3 Å². The molecule has 0 saturated carbocycles. The standard InChI is InChI=1S/C30H38F3N7O3/c1-29(2,18-39(3)4)19-40-15-5-6-16-42-24-13-7-21(8-14-24)17-34-26-36-27(38-28(37-26)43-20-30(31,32)33)35-23-11-9-22(10-12-23)25(40)41/h7-14H,5-6,15-20H2,1-4H3,(H2,34,35,36,37,38). The van der Waals surface area contributed by atoms with Crippen molar-refractivity contribution in [2.75, 3.05) is 57.6 Å². The highest BCUT2D eigenvalue weighted by molar-refractivity contribution is 5.94. The molecule has 0 fully saturated rings. The first-order chi connectivity index (χ1) is 20.3. The number of amides is 1. The molecule has 0 aliphatic carbocycles. The summed E-state index contributed by atoms with van der Waals surface area (Å²) in [4.78, 5) is 29.9. The molecule has 7 rings (SSSR count). The third kappa shape index (κ3) is 10.3. The lowest BCUT2D eigenvalue weighted by atomic mass is 9.91. The summed E-state index contributed by atoms with van der Waals surface area (Å²) in [6, 6.07) is 13.8. The molecular weight excluding hydrogens is 563 g/mol.